The lowest BCUT2D eigenvalue weighted by Gasteiger charge is -2.03. The Balaban J connectivity index is 2.92. The van der Waals surface area contributed by atoms with E-state index < -0.39 is 0 Å². The van der Waals surface area contributed by atoms with Gasteiger partial charge in [0.1, 0.15) is 5.76 Å². The van der Waals surface area contributed by atoms with Crippen molar-refractivity contribution in [2.45, 2.75) is 6.92 Å². The van der Waals surface area contributed by atoms with Gasteiger partial charge in [-0.2, -0.15) is 0 Å². The summed E-state index contributed by atoms with van der Waals surface area (Å²) in [7, 11) is 1.68. The van der Waals surface area contributed by atoms with Gasteiger partial charge < -0.3 is 4.74 Å². The molecule has 0 amide bonds. The van der Waals surface area contributed by atoms with Crippen LogP contribution in [-0.4, -0.2) is 7.11 Å². The second-order valence-corrected chi connectivity index (χ2v) is 2.22. The van der Waals surface area contributed by atoms with E-state index in [4.69, 9.17) is 4.74 Å². The highest BCUT2D eigenvalue weighted by molar-refractivity contribution is 5.58. The predicted octanol–water partition coefficient (Wildman–Crippen LogP) is 2.69. The molecule has 0 aromatic heterocycles. The van der Waals surface area contributed by atoms with E-state index in [1.54, 1.807) is 7.11 Å². The Bertz CT molecular complexity index is 236. The van der Waals surface area contributed by atoms with E-state index in [0.717, 1.165) is 11.3 Å². The van der Waals surface area contributed by atoms with Gasteiger partial charge in [-0.3, -0.25) is 0 Å². The number of benzene rings is 1. The minimum absolute atomic E-state index is 0.922. The fraction of sp³-hybridized carbons (Fsp3) is 0.200. The molecule has 0 radical (unpaired) electrons. The summed E-state index contributed by atoms with van der Waals surface area (Å²) in [4.78, 5) is 0. The first-order valence-electron chi connectivity index (χ1n) is 3.64. The molecule has 0 unspecified atom stereocenters. The van der Waals surface area contributed by atoms with Crippen molar-refractivity contribution in [2.24, 2.45) is 0 Å². The molecule has 1 aromatic carbocycles. The van der Waals surface area contributed by atoms with Crippen molar-refractivity contribution in [3.8, 4) is 0 Å². The van der Waals surface area contributed by atoms with E-state index in [0.29, 0.717) is 0 Å². The SMILES string of the molecule is C/C=C(\OC)c1ccccc1. The fourth-order valence-corrected chi connectivity index (χ4v) is 1.00. The molecular weight excluding hydrogens is 136 g/mol. The molecule has 0 aliphatic carbocycles. The number of allylic oxidation sites excluding steroid dienone is 1. The largest absolute Gasteiger partial charge is 0.496 e. The van der Waals surface area contributed by atoms with Crippen LogP contribution in [0.2, 0.25) is 0 Å². The molecule has 0 saturated carbocycles. The van der Waals surface area contributed by atoms with Crippen LogP contribution in [0.1, 0.15) is 12.5 Å². The predicted molar refractivity (Wildman–Crippen MR) is 47.1 cm³/mol. The van der Waals surface area contributed by atoms with Crippen LogP contribution in [-0.2, 0) is 4.74 Å². The summed E-state index contributed by atoms with van der Waals surface area (Å²) >= 11 is 0. The van der Waals surface area contributed by atoms with Gasteiger partial charge in [-0.25, -0.2) is 0 Å². The minimum Gasteiger partial charge on any atom is -0.496 e. The van der Waals surface area contributed by atoms with Gasteiger partial charge in [-0.05, 0) is 13.0 Å². The Kier molecular flexibility index (Phi) is 2.73. The van der Waals surface area contributed by atoms with Gasteiger partial charge in [0.2, 0.25) is 0 Å². The quantitative estimate of drug-likeness (QED) is 0.586. The van der Waals surface area contributed by atoms with Gasteiger partial charge in [0.25, 0.3) is 0 Å². The summed E-state index contributed by atoms with van der Waals surface area (Å²) in [5, 5.41) is 0. The highest BCUT2D eigenvalue weighted by atomic mass is 16.5. The highest BCUT2D eigenvalue weighted by Crippen LogP contribution is 2.13. The normalized spacial score (nSPS) is 11.3. The van der Waals surface area contributed by atoms with E-state index in [1.165, 1.54) is 0 Å². The molecular formula is C10H12O. The molecule has 11 heavy (non-hydrogen) atoms. The molecule has 58 valence electrons. The minimum atomic E-state index is 0.922. The van der Waals surface area contributed by atoms with Gasteiger partial charge in [0.15, 0.2) is 0 Å². The summed E-state index contributed by atoms with van der Waals surface area (Å²) in [6.07, 6.45) is 1.95. The lowest BCUT2D eigenvalue weighted by atomic mass is 10.2. The van der Waals surface area contributed by atoms with Crippen LogP contribution in [0.5, 0.6) is 0 Å². The third-order valence-corrected chi connectivity index (χ3v) is 1.54. The molecule has 0 heterocycles. The summed E-state index contributed by atoms with van der Waals surface area (Å²) in [6.45, 7) is 1.96. The first kappa shape index (κ1) is 7.86. The summed E-state index contributed by atoms with van der Waals surface area (Å²) in [5.74, 6) is 0.922. The molecule has 0 fully saturated rings. The third-order valence-electron chi connectivity index (χ3n) is 1.54. The number of methoxy groups -OCH3 is 1. The molecule has 0 N–H and O–H groups in total. The van der Waals surface area contributed by atoms with Crippen molar-refractivity contribution in [3.05, 3.63) is 42.0 Å². The van der Waals surface area contributed by atoms with Gasteiger partial charge in [0.05, 0.1) is 7.11 Å². The molecule has 0 atom stereocenters. The average Bonchev–Trinajstić information content (AvgIpc) is 2.09. The first-order chi connectivity index (χ1) is 5.38. The molecule has 0 spiro atoms. The Morgan fingerprint density at radius 2 is 1.91 bits per heavy atom. The number of ether oxygens (including phenoxy) is 1. The Hall–Kier alpha value is -1.24. The topological polar surface area (TPSA) is 9.23 Å². The summed E-state index contributed by atoms with van der Waals surface area (Å²) < 4.78 is 5.15. The van der Waals surface area contributed by atoms with Crippen molar-refractivity contribution in [1.82, 2.24) is 0 Å². The smallest absolute Gasteiger partial charge is 0.121 e. The fourth-order valence-electron chi connectivity index (χ4n) is 1.00. The first-order valence-corrected chi connectivity index (χ1v) is 3.64. The lowest BCUT2D eigenvalue weighted by Crippen LogP contribution is -1.84. The monoisotopic (exact) mass is 148 g/mol. The molecule has 1 aromatic rings. The third kappa shape index (κ3) is 1.84. The number of hydrogen-bond donors (Lipinski definition) is 0. The summed E-state index contributed by atoms with van der Waals surface area (Å²) in [5.41, 5.74) is 1.12. The number of rotatable bonds is 2. The second-order valence-electron chi connectivity index (χ2n) is 2.22. The Labute approximate surface area is 67.3 Å². The van der Waals surface area contributed by atoms with Crippen LogP contribution in [0.3, 0.4) is 0 Å². The zero-order valence-electron chi connectivity index (χ0n) is 6.87. The maximum atomic E-state index is 5.15. The van der Waals surface area contributed by atoms with Crippen molar-refractivity contribution in [2.75, 3.05) is 7.11 Å². The average molecular weight is 148 g/mol. The molecule has 0 aliphatic heterocycles. The van der Waals surface area contributed by atoms with Gasteiger partial charge >= 0.3 is 0 Å². The zero-order chi connectivity index (χ0) is 8.10. The van der Waals surface area contributed by atoms with Crippen LogP contribution >= 0.6 is 0 Å². The van der Waals surface area contributed by atoms with Crippen molar-refractivity contribution in [1.29, 1.82) is 0 Å². The molecule has 1 rings (SSSR count). The van der Waals surface area contributed by atoms with E-state index in [1.807, 2.05) is 43.3 Å². The Morgan fingerprint density at radius 1 is 1.27 bits per heavy atom. The molecule has 1 heteroatoms. The van der Waals surface area contributed by atoms with E-state index in [-0.39, 0.29) is 0 Å². The van der Waals surface area contributed by atoms with E-state index in [2.05, 4.69) is 0 Å². The highest BCUT2D eigenvalue weighted by Gasteiger charge is 1.95. The molecule has 1 nitrogen and oxygen atoms in total. The van der Waals surface area contributed by atoms with Gasteiger partial charge in [-0.15, -0.1) is 0 Å². The zero-order valence-corrected chi connectivity index (χ0v) is 6.87. The van der Waals surface area contributed by atoms with Gasteiger partial charge in [0, 0.05) is 5.56 Å². The van der Waals surface area contributed by atoms with Crippen molar-refractivity contribution < 1.29 is 4.74 Å². The summed E-state index contributed by atoms with van der Waals surface area (Å²) in [6, 6.07) is 10.0. The van der Waals surface area contributed by atoms with Crippen molar-refractivity contribution >= 4 is 5.76 Å². The van der Waals surface area contributed by atoms with Gasteiger partial charge in [-0.1, -0.05) is 30.3 Å². The van der Waals surface area contributed by atoms with E-state index >= 15 is 0 Å². The molecule has 0 aliphatic rings. The van der Waals surface area contributed by atoms with Crippen LogP contribution in [0, 0.1) is 0 Å². The van der Waals surface area contributed by atoms with Crippen molar-refractivity contribution in [3.63, 3.8) is 0 Å². The van der Waals surface area contributed by atoms with E-state index in [9.17, 15) is 0 Å². The number of hydrogen-bond acceptors (Lipinski definition) is 1. The second kappa shape index (κ2) is 3.81. The standard InChI is InChI=1S/C10H12O/c1-3-10(11-2)9-7-5-4-6-8-9/h3-8H,1-2H3/b10-3-. The molecule has 0 saturated heterocycles. The molecule has 0 bridgehead atoms. The maximum Gasteiger partial charge on any atom is 0.121 e. The lowest BCUT2D eigenvalue weighted by molar-refractivity contribution is 0.369. The van der Waals surface area contributed by atoms with Crippen LogP contribution in [0.15, 0.2) is 36.4 Å². The Morgan fingerprint density at radius 3 is 2.36 bits per heavy atom. The van der Waals surface area contributed by atoms with Crippen LogP contribution in [0.25, 0.3) is 5.76 Å². The maximum absolute atomic E-state index is 5.15. The van der Waals surface area contributed by atoms with Crippen LogP contribution in [0.4, 0.5) is 0 Å². The van der Waals surface area contributed by atoms with Crippen LogP contribution < -0.4 is 0 Å².